The van der Waals surface area contributed by atoms with E-state index in [2.05, 4.69) is 168 Å². The van der Waals surface area contributed by atoms with Crippen LogP contribution in [0.3, 0.4) is 0 Å². The molecule has 45 heavy (non-hydrogen) atoms. The minimum Gasteiger partial charge on any atom is -0.120 e. The summed E-state index contributed by atoms with van der Waals surface area (Å²) in [5.41, 5.74) is 7.99. The average molecular weight is 613 g/mol. The van der Waals surface area contributed by atoms with Gasteiger partial charge in [0.05, 0.1) is 0 Å². The first-order valence-corrected chi connectivity index (χ1v) is 18.1. The summed E-state index contributed by atoms with van der Waals surface area (Å²) in [6.45, 7) is 39.7. The van der Waals surface area contributed by atoms with Crippen LogP contribution in [0.25, 0.3) is 0 Å². The van der Waals surface area contributed by atoms with Crippen LogP contribution in [-0.4, -0.2) is 0 Å². The van der Waals surface area contributed by atoms with E-state index in [1.807, 2.05) is 0 Å². The van der Waals surface area contributed by atoms with Crippen molar-refractivity contribution in [3.05, 3.63) is 116 Å². The summed E-state index contributed by atoms with van der Waals surface area (Å²) >= 11 is 0. The van der Waals surface area contributed by atoms with Crippen molar-refractivity contribution in [2.24, 2.45) is 40.4 Å². The van der Waals surface area contributed by atoms with Gasteiger partial charge in [-0.1, -0.05) is 148 Å². The second-order valence-electron chi connectivity index (χ2n) is 14.1. The fourth-order valence-electron chi connectivity index (χ4n) is 6.07. The van der Waals surface area contributed by atoms with Crippen molar-refractivity contribution in [2.45, 2.75) is 127 Å². The Morgan fingerprint density at radius 3 is 1.98 bits per heavy atom. The second-order valence-corrected chi connectivity index (χ2v) is 14.1. The van der Waals surface area contributed by atoms with E-state index in [1.165, 1.54) is 29.6 Å². The minimum absolute atomic E-state index is 0.159. The summed E-state index contributed by atoms with van der Waals surface area (Å²) in [5, 5.41) is 0. The highest BCUT2D eigenvalue weighted by Crippen LogP contribution is 2.38. The van der Waals surface area contributed by atoms with Gasteiger partial charge in [-0.05, 0) is 91.3 Å². The lowest BCUT2D eigenvalue weighted by atomic mass is 9.70. The number of rotatable bonds is 24. The van der Waals surface area contributed by atoms with E-state index in [0.29, 0.717) is 23.7 Å². The molecule has 0 fully saturated rings. The molecular formula is C45H72. The van der Waals surface area contributed by atoms with Crippen molar-refractivity contribution in [2.75, 3.05) is 0 Å². The Morgan fingerprint density at radius 1 is 0.800 bits per heavy atom. The van der Waals surface area contributed by atoms with E-state index in [4.69, 9.17) is 0 Å². The molecule has 0 amide bonds. The Labute approximate surface area is 282 Å². The van der Waals surface area contributed by atoms with Gasteiger partial charge in [0.25, 0.3) is 0 Å². The second kappa shape index (κ2) is 22.9. The van der Waals surface area contributed by atoms with Crippen LogP contribution in [0.15, 0.2) is 116 Å². The first-order valence-electron chi connectivity index (χ1n) is 18.1. The number of unbranched alkanes of at least 4 members (excludes halogenated alkanes) is 1. The lowest BCUT2D eigenvalue weighted by molar-refractivity contribution is 0.204. The third kappa shape index (κ3) is 14.6. The highest BCUT2D eigenvalue weighted by Gasteiger charge is 2.29. The summed E-state index contributed by atoms with van der Waals surface area (Å²) in [6, 6.07) is 0. The molecule has 5 unspecified atom stereocenters. The zero-order valence-electron chi connectivity index (χ0n) is 31.4. The van der Waals surface area contributed by atoms with Crippen molar-refractivity contribution >= 4 is 0 Å². The fourth-order valence-corrected chi connectivity index (χ4v) is 6.07. The molecule has 0 heteroatoms. The topological polar surface area (TPSA) is 0 Å². The maximum absolute atomic E-state index is 4.26. The third-order valence-corrected chi connectivity index (χ3v) is 9.78. The van der Waals surface area contributed by atoms with Gasteiger partial charge in [-0.15, -0.1) is 32.0 Å². The van der Waals surface area contributed by atoms with Crippen molar-refractivity contribution < 1.29 is 0 Å². The van der Waals surface area contributed by atoms with Gasteiger partial charge in [0, 0.05) is 11.3 Å². The first-order chi connectivity index (χ1) is 21.4. The predicted octanol–water partition coefficient (Wildman–Crippen LogP) is 14.5. The lowest BCUT2D eigenvalue weighted by Crippen LogP contribution is -2.26. The van der Waals surface area contributed by atoms with Gasteiger partial charge in [-0.2, -0.15) is 0 Å². The first kappa shape index (κ1) is 42.4. The SMILES string of the molecule is C=CC(C=CCC(C)(C)C(C)C(C=C)C=CCC)C(=CCC)CC=C(CCCC)C(=C=CC(C)(C=C)C(C=C)CCC)C(C)C. The van der Waals surface area contributed by atoms with E-state index in [0.717, 1.165) is 44.9 Å². The van der Waals surface area contributed by atoms with Crippen LogP contribution in [0.5, 0.6) is 0 Å². The zero-order chi connectivity index (χ0) is 34.5. The van der Waals surface area contributed by atoms with Crippen molar-refractivity contribution in [1.29, 1.82) is 0 Å². The molecular weight excluding hydrogens is 540 g/mol. The largest absolute Gasteiger partial charge is 0.120 e. The van der Waals surface area contributed by atoms with Crippen LogP contribution in [0.2, 0.25) is 0 Å². The molecule has 5 atom stereocenters. The quantitative estimate of drug-likeness (QED) is 0.0578. The summed E-state index contributed by atoms with van der Waals surface area (Å²) in [6.07, 6.45) is 34.6. The molecule has 0 aromatic rings. The highest BCUT2D eigenvalue weighted by atomic mass is 14.3. The van der Waals surface area contributed by atoms with E-state index >= 15 is 0 Å². The van der Waals surface area contributed by atoms with E-state index in [1.54, 1.807) is 0 Å². The molecule has 0 heterocycles. The van der Waals surface area contributed by atoms with Gasteiger partial charge in [-0.25, -0.2) is 0 Å². The molecule has 0 saturated carbocycles. The lowest BCUT2D eigenvalue weighted by Gasteiger charge is -2.34. The summed E-state index contributed by atoms with van der Waals surface area (Å²) < 4.78 is 0. The van der Waals surface area contributed by atoms with Gasteiger partial charge in [0.2, 0.25) is 0 Å². The Kier molecular flexibility index (Phi) is 21.6. The van der Waals surface area contributed by atoms with Gasteiger partial charge >= 0.3 is 0 Å². The van der Waals surface area contributed by atoms with Crippen LogP contribution < -0.4 is 0 Å². The van der Waals surface area contributed by atoms with Gasteiger partial charge in [0.15, 0.2) is 0 Å². The molecule has 0 aliphatic carbocycles. The van der Waals surface area contributed by atoms with Crippen LogP contribution in [0.4, 0.5) is 0 Å². The monoisotopic (exact) mass is 613 g/mol. The Hall–Kier alpha value is -2.56. The Balaban J connectivity index is 6.45. The zero-order valence-corrected chi connectivity index (χ0v) is 31.4. The predicted molar refractivity (Wildman–Crippen MR) is 207 cm³/mol. The van der Waals surface area contributed by atoms with Gasteiger partial charge < -0.3 is 0 Å². The number of allylic oxidation sites excluding steroid dienone is 13. The third-order valence-electron chi connectivity index (χ3n) is 9.78. The van der Waals surface area contributed by atoms with E-state index in [-0.39, 0.29) is 16.7 Å². The Bertz CT molecular complexity index is 1070. The molecule has 0 spiro atoms. The highest BCUT2D eigenvalue weighted by molar-refractivity contribution is 5.35. The van der Waals surface area contributed by atoms with Crippen LogP contribution in [0.1, 0.15) is 127 Å². The molecule has 0 bridgehead atoms. The molecule has 0 nitrogen and oxygen atoms in total. The molecule has 0 radical (unpaired) electrons. The maximum Gasteiger partial charge on any atom is 0.0168 e. The number of hydrogen-bond donors (Lipinski definition) is 0. The smallest absolute Gasteiger partial charge is 0.0168 e. The maximum atomic E-state index is 4.26. The molecule has 0 aromatic heterocycles. The van der Waals surface area contributed by atoms with Crippen molar-refractivity contribution in [1.82, 2.24) is 0 Å². The molecule has 0 aromatic carbocycles. The van der Waals surface area contributed by atoms with E-state index in [9.17, 15) is 0 Å². The van der Waals surface area contributed by atoms with Gasteiger partial charge in [-0.3, -0.25) is 0 Å². The molecule has 0 saturated heterocycles. The molecule has 252 valence electrons. The normalized spacial score (nSPS) is 17.0. The minimum atomic E-state index is -0.164. The van der Waals surface area contributed by atoms with Crippen LogP contribution >= 0.6 is 0 Å². The average Bonchev–Trinajstić information content (AvgIpc) is 3.02. The summed E-state index contributed by atoms with van der Waals surface area (Å²) in [4.78, 5) is 0. The van der Waals surface area contributed by atoms with Crippen LogP contribution in [-0.2, 0) is 0 Å². The summed E-state index contributed by atoms with van der Waals surface area (Å²) in [5.74, 6) is 1.85. The molecule has 0 aliphatic rings. The standard InChI is InChI=1S/C45H72/c1-15-23-28-38(19-5)37(11)44(12,13)34-25-30-39(20-6)40(26-17-3)31-32-41(29-24-16-2)43(36(9)10)33-35-45(14,22-8)42(21-7)27-18-4/h19-23,25-26,28,30,32,35-39,42H,5-8,15-18,24,27,29,31,34H2,1-4,9-14H3. The van der Waals surface area contributed by atoms with Gasteiger partial charge in [0.1, 0.15) is 0 Å². The van der Waals surface area contributed by atoms with Crippen LogP contribution in [0, 0.1) is 40.4 Å². The molecule has 0 aliphatic heterocycles. The van der Waals surface area contributed by atoms with Crippen molar-refractivity contribution in [3.63, 3.8) is 0 Å². The Morgan fingerprint density at radius 2 is 1.49 bits per heavy atom. The molecule has 0 N–H and O–H groups in total. The van der Waals surface area contributed by atoms with E-state index < -0.39 is 0 Å². The van der Waals surface area contributed by atoms with Crippen molar-refractivity contribution in [3.8, 4) is 0 Å². The molecule has 0 rings (SSSR count). The summed E-state index contributed by atoms with van der Waals surface area (Å²) in [7, 11) is 0. The number of hydrogen-bond acceptors (Lipinski definition) is 0. The fraction of sp³-hybridized carbons (Fsp3) is 0.578.